The first-order valence-electron chi connectivity index (χ1n) is 6.89. The van der Waals surface area contributed by atoms with E-state index < -0.39 is 5.82 Å². The summed E-state index contributed by atoms with van der Waals surface area (Å²) < 4.78 is 13.3. The maximum absolute atomic E-state index is 13.3. The van der Waals surface area contributed by atoms with Gasteiger partial charge in [-0.25, -0.2) is 9.37 Å². The van der Waals surface area contributed by atoms with Crippen molar-refractivity contribution in [1.29, 1.82) is 0 Å². The Morgan fingerprint density at radius 1 is 1.35 bits per heavy atom. The van der Waals surface area contributed by atoms with Gasteiger partial charge in [0, 0.05) is 39.3 Å². The fourth-order valence-corrected chi connectivity index (χ4v) is 2.41. The molecule has 0 unspecified atom stereocenters. The summed E-state index contributed by atoms with van der Waals surface area (Å²) in [4.78, 5) is 20.5. The number of carbonyl (C=O) groups excluding carboxylic acids is 1. The topological polar surface area (TPSA) is 48.5 Å². The molecule has 6 heteroatoms. The second-order valence-electron chi connectivity index (χ2n) is 5.22. The van der Waals surface area contributed by atoms with E-state index >= 15 is 0 Å². The van der Waals surface area contributed by atoms with Gasteiger partial charge in [0.05, 0.1) is 11.8 Å². The summed E-state index contributed by atoms with van der Waals surface area (Å²) in [7, 11) is 1.67. The summed E-state index contributed by atoms with van der Waals surface area (Å²) in [5, 5.41) is 2.83. The van der Waals surface area contributed by atoms with Gasteiger partial charge in [0.15, 0.2) is 0 Å². The first-order valence-corrected chi connectivity index (χ1v) is 6.89. The van der Waals surface area contributed by atoms with Crippen LogP contribution in [0.4, 0.5) is 10.2 Å². The maximum Gasteiger partial charge on any atom is 0.257 e. The zero-order valence-corrected chi connectivity index (χ0v) is 12.2. The molecular formula is C14H21FN4O. The lowest BCUT2D eigenvalue weighted by Gasteiger charge is -2.37. The van der Waals surface area contributed by atoms with E-state index in [1.165, 1.54) is 6.07 Å². The average molecular weight is 280 g/mol. The highest BCUT2D eigenvalue weighted by Crippen LogP contribution is 2.17. The van der Waals surface area contributed by atoms with Crippen molar-refractivity contribution in [3.8, 4) is 0 Å². The fraction of sp³-hybridized carbons (Fsp3) is 0.571. The van der Waals surface area contributed by atoms with Crippen LogP contribution in [0.3, 0.4) is 0 Å². The molecule has 1 aromatic heterocycles. The van der Waals surface area contributed by atoms with Crippen molar-refractivity contribution >= 4 is 11.7 Å². The normalized spacial score (nSPS) is 16.6. The van der Waals surface area contributed by atoms with Gasteiger partial charge in [-0.2, -0.15) is 0 Å². The molecule has 1 aliphatic heterocycles. The average Bonchev–Trinajstić information content (AvgIpc) is 2.46. The van der Waals surface area contributed by atoms with E-state index in [2.05, 4.69) is 29.0 Å². The Kier molecular flexibility index (Phi) is 4.54. The lowest BCUT2D eigenvalue weighted by Crippen LogP contribution is -2.50. The molecule has 20 heavy (non-hydrogen) atoms. The van der Waals surface area contributed by atoms with Crippen LogP contribution in [0.5, 0.6) is 0 Å². The Hall–Kier alpha value is -1.69. The van der Waals surface area contributed by atoms with Gasteiger partial charge in [0.1, 0.15) is 11.6 Å². The number of carbonyl (C=O) groups is 1. The predicted molar refractivity (Wildman–Crippen MR) is 76.4 cm³/mol. The van der Waals surface area contributed by atoms with Gasteiger partial charge in [-0.1, -0.05) is 0 Å². The summed E-state index contributed by atoms with van der Waals surface area (Å²) >= 11 is 0. The number of hydrogen-bond donors (Lipinski definition) is 1. The molecule has 1 aromatic rings. The van der Waals surface area contributed by atoms with Crippen LogP contribution in [0.25, 0.3) is 0 Å². The Bertz CT molecular complexity index is 484. The number of anilines is 1. The van der Waals surface area contributed by atoms with Crippen molar-refractivity contribution in [2.75, 3.05) is 38.5 Å². The molecule has 1 fully saturated rings. The van der Waals surface area contributed by atoms with Gasteiger partial charge in [-0.15, -0.1) is 0 Å². The Morgan fingerprint density at radius 2 is 2.00 bits per heavy atom. The van der Waals surface area contributed by atoms with Crippen molar-refractivity contribution < 1.29 is 9.18 Å². The fourth-order valence-electron chi connectivity index (χ4n) is 2.41. The van der Waals surface area contributed by atoms with Crippen molar-refractivity contribution in [2.45, 2.75) is 19.9 Å². The molecule has 0 saturated carbocycles. The minimum Gasteiger partial charge on any atom is -0.372 e. The lowest BCUT2D eigenvalue weighted by molar-refractivity contribution is 0.0595. The molecule has 2 rings (SSSR count). The minimum absolute atomic E-state index is 0.162. The van der Waals surface area contributed by atoms with Crippen LogP contribution in [-0.2, 0) is 0 Å². The zero-order valence-electron chi connectivity index (χ0n) is 12.2. The summed E-state index contributed by atoms with van der Waals surface area (Å²) in [6, 6.07) is 1.73. The number of pyridine rings is 1. The van der Waals surface area contributed by atoms with Crippen molar-refractivity contribution in [2.24, 2.45) is 0 Å². The molecular weight excluding hydrogens is 259 g/mol. The molecule has 0 aliphatic carbocycles. The summed E-state index contributed by atoms with van der Waals surface area (Å²) in [6.45, 7) is 7.32. The van der Waals surface area contributed by atoms with E-state index in [9.17, 15) is 9.18 Å². The first-order chi connectivity index (χ1) is 9.52. The number of amides is 1. The molecule has 5 nitrogen and oxygen atoms in total. The molecule has 1 saturated heterocycles. The van der Waals surface area contributed by atoms with E-state index in [4.69, 9.17) is 0 Å². The lowest BCUT2D eigenvalue weighted by atomic mass is 10.2. The van der Waals surface area contributed by atoms with Gasteiger partial charge < -0.3 is 10.2 Å². The smallest absolute Gasteiger partial charge is 0.257 e. The maximum atomic E-state index is 13.3. The van der Waals surface area contributed by atoms with E-state index in [1.54, 1.807) is 11.9 Å². The molecule has 1 amide bonds. The largest absolute Gasteiger partial charge is 0.372 e. The number of nitrogens with zero attached hydrogens (tertiary/aromatic N) is 3. The van der Waals surface area contributed by atoms with Gasteiger partial charge in [-0.3, -0.25) is 9.69 Å². The monoisotopic (exact) mass is 280 g/mol. The van der Waals surface area contributed by atoms with E-state index in [0.717, 1.165) is 19.3 Å². The molecule has 1 N–H and O–H groups in total. The number of piperazine rings is 1. The van der Waals surface area contributed by atoms with Crippen LogP contribution in [0.1, 0.15) is 24.2 Å². The van der Waals surface area contributed by atoms with E-state index in [0.29, 0.717) is 30.5 Å². The zero-order chi connectivity index (χ0) is 14.7. The van der Waals surface area contributed by atoms with Crippen molar-refractivity contribution in [3.05, 3.63) is 23.6 Å². The van der Waals surface area contributed by atoms with Crippen molar-refractivity contribution in [3.63, 3.8) is 0 Å². The van der Waals surface area contributed by atoms with E-state index in [-0.39, 0.29) is 5.91 Å². The second kappa shape index (κ2) is 6.17. The van der Waals surface area contributed by atoms with Crippen LogP contribution < -0.4 is 5.32 Å². The molecule has 0 spiro atoms. The number of nitrogens with one attached hydrogen (secondary N) is 1. The minimum atomic E-state index is -0.492. The third-order valence-corrected chi connectivity index (χ3v) is 3.65. The quantitative estimate of drug-likeness (QED) is 0.910. The van der Waals surface area contributed by atoms with Crippen LogP contribution in [-0.4, -0.2) is 60.0 Å². The Morgan fingerprint density at radius 3 is 2.55 bits per heavy atom. The van der Waals surface area contributed by atoms with Gasteiger partial charge in [0.25, 0.3) is 5.91 Å². The number of rotatable bonds is 3. The van der Waals surface area contributed by atoms with Crippen LogP contribution in [0.2, 0.25) is 0 Å². The van der Waals surface area contributed by atoms with Gasteiger partial charge in [-0.05, 0) is 19.9 Å². The molecule has 2 heterocycles. The Labute approximate surface area is 118 Å². The molecule has 0 aromatic carbocycles. The Balaban J connectivity index is 2.11. The standard InChI is InChI=1S/C14H21FN4O/c1-10(2)18-4-6-19(7-5-18)14(20)12-8-11(15)9-17-13(12)16-3/h8-10H,4-7H2,1-3H3,(H,16,17). The van der Waals surface area contributed by atoms with Crippen LogP contribution >= 0.6 is 0 Å². The van der Waals surface area contributed by atoms with E-state index in [1.807, 2.05) is 0 Å². The first kappa shape index (κ1) is 14.7. The molecule has 110 valence electrons. The summed E-state index contributed by atoms with van der Waals surface area (Å²) in [5.41, 5.74) is 0.297. The highest BCUT2D eigenvalue weighted by Gasteiger charge is 2.25. The van der Waals surface area contributed by atoms with Gasteiger partial charge >= 0.3 is 0 Å². The van der Waals surface area contributed by atoms with Crippen molar-refractivity contribution in [1.82, 2.24) is 14.8 Å². The SMILES string of the molecule is CNc1ncc(F)cc1C(=O)N1CCN(C(C)C)CC1. The molecule has 0 radical (unpaired) electrons. The number of aromatic nitrogens is 1. The highest BCUT2D eigenvalue weighted by molar-refractivity contribution is 5.98. The number of halogens is 1. The predicted octanol–water partition coefficient (Wildman–Crippen LogP) is 1.43. The van der Waals surface area contributed by atoms with Crippen LogP contribution in [0.15, 0.2) is 12.3 Å². The summed E-state index contributed by atoms with van der Waals surface area (Å²) in [5.74, 6) is -0.236. The second-order valence-corrected chi connectivity index (χ2v) is 5.22. The third-order valence-electron chi connectivity index (χ3n) is 3.65. The molecule has 0 atom stereocenters. The van der Waals surface area contributed by atoms with Gasteiger partial charge in [0.2, 0.25) is 0 Å². The third kappa shape index (κ3) is 3.07. The molecule has 1 aliphatic rings. The highest BCUT2D eigenvalue weighted by atomic mass is 19.1. The van der Waals surface area contributed by atoms with Crippen LogP contribution in [0, 0.1) is 5.82 Å². The molecule has 0 bridgehead atoms. The summed E-state index contributed by atoms with van der Waals surface area (Å²) in [6.07, 6.45) is 1.11. The number of hydrogen-bond acceptors (Lipinski definition) is 4.